The predicted molar refractivity (Wildman–Crippen MR) is 66.1 cm³/mol. The normalized spacial score (nSPS) is 16.1. The molecule has 1 aliphatic rings. The Balaban J connectivity index is 2.01. The molecule has 0 spiro atoms. The monoisotopic (exact) mass is 259 g/mol. The number of hydrogen-bond donors (Lipinski definition) is 1. The van der Waals surface area contributed by atoms with E-state index in [1.54, 1.807) is 12.1 Å². The van der Waals surface area contributed by atoms with Gasteiger partial charge in [0.15, 0.2) is 0 Å². The minimum atomic E-state index is -3.17. The molecule has 0 bridgehead atoms. The third-order valence-corrected chi connectivity index (χ3v) is 4.30. The molecule has 0 aliphatic heterocycles. The van der Waals surface area contributed by atoms with Gasteiger partial charge in [0.25, 0.3) is 0 Å². The Kier molecular flexibility index (Phi) is 3.40. The first-order chi connectivity index (χ1) is 7.59. The van der Waals surface area contributed by atoms with Crippen molar-refractivity contribution in [1.29, 1.82) is 0 Å². The SMILES string of the molecule is O=S(=O)(CC1CC1)Nc1ccc(CCl)cc1. The molecular weight excluding hydrogens is 246 g/mol. The Morgan fingerprint density at radius 3 is 2.38 bits per heavy atom. The first kappa shape index (κ1) is 11.7. The summed E-state index contributed by atoms with van der Waals surface area (Å²) in [5.74, 6) is 1.04. The number of rotatable bonds is 5. The molecule has 5 heteroatoms. The molecule has 88 valence electrons. The number of anilines is 1. The molecule has 0 aromatic heterocycles. The summed E-state index contributed by atoms with van der Waals surface area (Å²) in [5.41, 5.74) is 1.58. The maximum absolute atomic E-state index is 11.7. The van der Waals surface area contributed by atoms with E-state index < -0.39 is 10.0 Å². The molecule has 0 unspecified atom stereocenters. The van der Waals surface area contributed by atoms with Gasteiger partial charge in [0.1, 0.15) is 0 Å². The van der Waals surface area contributed by atoms with E-state index in [0.29, 0.717) is 17.5 Å². The minimum Gasteiger partial charge on any atom is -0.284 e. The number of benzene rings is 1. The van der Waals surface area contributed by atoms with Gasteiger partial charge >= 0.3 is 0 Å². The van der Waals surface area contributed by atoms with E-state index in [1.807, 2.05) is 12.1 Å². The van der Waals surface area contributed by atoms with Crippen LogP contribution >= 0.6 is 11.6 Å². The van der Waals surface area contributed by atoms with E-state index in [1.165, 1.54) is 0 Å². The second kappa shape index (κ2) is 4.63. The standard InChI is InChI=1S/C11H14ClNO2S/c12-7-9-3-5-11(6-4-9)13-16(14,15)8-10-1-2-10/h3-6,10,13H,1-2,7-8H2. The number of alkyl halides is 1. The van der Waals surface area contributed by atoms with Gasteiger partial charge in [-0.15, -0.1) is 11.6 Å². The highest BCUT2D eigenvalue weighted by Gasteiger charge is 2.27. The lowest BCUT2D eigenvalue weighted by atomic mass is 10.2. The quantitative estimate of drug-likeness (QED) is 0.826. The van der Waals surface area contributed by atoms with Crippen LogP contribution in [-0.2, 0) is 15.9 Å². The fourth-order valence-electron chi connectivity index (χ4n) is 1.48. The van der Waals surface area contributed by atoms with E-state index >= 15 is 0 Å². The van der Waals surface area contributed by atoms with Crippen molar-refractivity contribution in [2.24, 2.45) is 5.92 Å². The van der Waals surface area contributed by atoms with E-state index in [-0.39, 0.29) is 5.75 Å². The Hall–Kier alpha value is -0.740. The van der Waals surface area contributed by atoms with E-state index in [9.17, 15) is 8.42 Å². The Morgan fingerprint density at radius 1 is 1.25 bits per heavy atom. The Morgan fingerprint density at radius 2 is 1.88 bits per heavy atom. The molecule has 1 aromatic carbocycles. The van der Waals surface area contributed by atoms with Crippen molar-refractivity contribution in [2.45, 2.75) is 18.7 Å². The third-order valence-electron chi connectivity index (χ3n) is 2.53. The Labute approximate surface area is 101 Å². The zero-order valence-electron chi connectivity index (χ0n) is 8.82. The molecule has 0 amide bonds. The molecule has 1 aromatic rings. The van der Waals surface area contributed by atoms with Crippen LogP contribution in [0.4, 0.5) is 5.69 Å². The topological polar surface area (TPSA) is 46.2 Å². The van der Waals surface area contributed by atoms with Crippen molar-refractivity contribution >= 4 is 27.3 Å². The fraction of sp³-hybridized carbons (Fsp3) is 0.455. The van der Waals surface area contributed by atoms with Crippen molar-refractivity contribution in [1.82, 2.24) is 0 Å². The lowest BCUT2D eigenvalue weighted by Gasteiger charge is -2.07. The summed E-state index contributed by atoms with van der Waals surface area (Å²) in [4.78, 5) is 0. The number of nitrogens with one attached hydrogen (secondary N) is 1. The first-order valence-electron chi connectivity index (χ1n) is 5.24. The average molecular weight is 260 g/mol. The van der Waals surface area contributed by atoms with E-state index in [2.05, 4.69) is 4.72 Å². The average Bonchev–Trinajstić information content (AvgIpc) is 3.01. The number of hydrogen-bond acceptors (Lipinski definition) is 2. The molecular formula is C11H14ClNO2S. The molecule has 16 heavy (non-hydrogen) atoms. The summed E-state index contributed by atoms with van der Waals surface area (Å²) in [5, 5.41) is 0. The first-order valence-corrected chi connectivity index (χ1v) is 7.43. The van der Waals surface area contributed by atoms with Gasteiger partial charge < -0.3 is 0 Å². The fourth-order valence-corrected chi connectivity index (χ4v) is 3.19. The number of halogens is 1. The van der Waals surface area contributed by atoms with Crippen molar-refractivity contribution in [3.63, 3.8) is 0 Å². The van der Waals surface area contributed by atoms with Crippen LogP contribution in [0.15, 0.2) is 24.3 Å². The van der Waals surface area contributed by atoms with Gasteiger partial charge in [-0.25, -0.2) is 8.42 Å². The van der Waals surface area contributed by atoms with Gasteiger partial charge in [0.05, 0.1) is 5.75 Å². The molecule has 0 atom stereocenters. The molecule has 1 N–H and O–H groups in total. The van der Waals surface area contributed by atoms with Crippen molar-refractivity contribution in [2.75, 3.05) is 10.5 Å². The second-order valence-corrected chi connectivity index (χ2v) is 6.19. The highest BCUT2D eigenvalue weighted by atomic mass is 35.5. The molecule has 0 saturated heterocycles. The summed E-state index contributed by atoms with van der Waals surface area (Å²) < 4.78 is 25.9. The smallest absolute Gasteiger partial charge is 0.232 e. The van der Waals surface area contributed by atoms with Crippen molar-refractivity contribution in [3.05, 3.63) is 29.8 Å². The zero-order valence-corrected chi connectivity index (χ0v) is 10.4. The molecule has 0 radical (unpaired) electrons. The molecule has 0 heterocycles. The van der Waals surface area contributed by atoms with Gasteiger partial charge in [0.2, 0.25) is 10.0 Å². The third kappa shape index (κ3) is 3.39. The van der Waals surface area contributed by atoms with Crippen molar-refractivity contribution < 1.29 is 8.42 Å². The van der Waals surface area contributed by atoms with Gasteiger partial charge in [-0.2, -0.15) is 0 Å². The number of sulfonamides is 1. The Bertz CT molecular complexity index is 451. The van der Waals surface area contributed by atoms with Crippen LogP contribution in [0, 0.1) is 5.92 Å². The minimum absolute atomic E-state index is 0.240. The van der Waals surface area contributed by atoms with Crippen LogP contribution in [0.3, 0.4) is 0 Å². The maximum Gasteiger partial charge on any atom is 0.232 e. The summed E-state index contributed by atoms with van der Waals surface area (Å²) in [6, 6.07) is 7.12. The van der Waals surface area contributed by atoms with Gasteiger partial charge in [-0.05, 0) is 36.5 Å². The summed E-state index contributed by atoms with van der Waals surface area (Å²) in [6.45, 7) is 0. The van der Waals surface area contributed by atoms with Crippen LogP contribution in [0.5, 0.6) is 0 Å². The summed E-state index contributed by atoms with van der Waals surface area (Å²) in [7, 11) is -3.17. The van der Waals surface area contributed by atoms with Crippen LogP contribution in [0.2, 0.25) is 0 Å². The van der Waals surface area contributed by atoms with Crippen LogP contribution < -0.4 is 4.72 Å². The van der Waals surface area contributed by atoms with Crippen LogP contribution in [-0.4, -0.2) is 14.2 Å². The maximum atomic E-state index is 11.7. The zero-order chi connectivity index (χ0) is 11.6. The molecule has 3 nitrogen and oxygen atoms in total. The largest absolute Gasteiger partial charge is 0.284 e. The second-order valence-electron chi connectivity index (χ2n) is 4.16. The van der Waals surface area contributed by atoms with Crippen LogP contribution in [0.25, 0.3) is 0 Å². The van der Waals surface area contributed by atoms with Gasteiger partial charge in [0, 0.05) is 11.6 Å². The molecule has 2 rings (SSSR count). The van der Waals surface area contributed by atoms with Crippen molar-refractivity contribution in [3.8, 4) is 0 Å². The molecule has 1 fully saturated rings. The van der Waals surface area contributed by atoms with E-state index in [0.717, 1.165) is 18.4 Å². The van der Waals surface area contributed by atoms with Crippen LogP contribution in [0.1, 0.15) is 18.4 Å². The van der Waals surface area contributed by atoms with Gasteiger partial charge in [-0.3, -0.25) is 4.72 Å². The highest BCUT2D eigenvalue weighted by Crippen LogP contribution is 2.30. The van der Waals surface area contributed by atoms with Gasteiger partial charge in [-0.1, -0.05) is 12.1 Å². The highest BCUT2D eigenvalue weighted by molar-refractivity contribution is 7.92. The lowest BCUT2D eigenvalue weighted by molar-refractivity contribution is 0.597. The van der Waals surface area contributed by atoms with E-state index in [4.69, 9.17) is 11.6 Å². The molecule has 1 aliphatic carbocycles. The predicted octanol–water partition coefficient (Wildman–Crippen LogP) is 2.58. The summed E-state index contributed by atoms with van der Waals surface area (Å²) in [6.07, 6.45) is 2.07. The molecule has 1 saturated carbocycles. The lowest BCUT2D eigenvalue weighted by Crippen LogP contribution is -2.17. The summed E-state index contributed by atoms with van der Waals surface area (Å²) >= 11 is 5.65.